The van der Waals surface area contributed by atoms with E-state index >= 15 is 0 Å². The maximum Gasteiger partial charge on any atom is 0.230 e. The highest BCUT2D eigenvalue weighted by atomic mass is 16.4. The number of hydrogen-bond donors (Lipinski definition) is 4. The molecular formula is C7H14N4O3. The van der Waals surface area contributed by atoms with Crippen LogP contribution in [0.25, 0.3) is 0 Å². The number of carbonyl (C=O) groups excluding carboxylic acids is 2. The molecule has 0 aliphatic carbocycles. The molecule has 7 nitrogen and oxygen atoms in total. The topological polar surface area (TPSA) is 131 Å². The van der Waals surface area contributed by atoms with E-state index < -0.39 is 17.7 Å². The lowest BCUT2D eigenvalue weighted by Crippen LogP contribution is -2.38. The van der Waals surface area contributed by atoms with Crippen LogP contribution in [-0.2, 0) is 9.59 Å². The summed E-state index contributed by atoms with van der Waals surface area (Å²) in [5.41, 5.74) is 10.1. The van der Waals surface area contributed by atoms with Gasteiger partial charge in [0.25, 0.3) is 0 Å². The minimum atomic E-state index is -0.729. The molecule has 0 aliphatic rings. The van der Waals surface area contributed by atoms with Gasteiger partial charge in [0, 0.05) is 13.0 Å². The van der Waals surface area contributed by atoms with E-state index in [0.717, 1.165) is 0 Å². The van der Waals surface area contributed by atoms with E-state index in [1.807, 2.05) is 0 Å². The first kappa shape index (κ1) is 12.2. The van der Waals surface area contributed by atoms with Gasteiger partial charge in [-0.1, -0.05) is 5.16 Å². The molecule has 1 atom stereocenters. The van der Waals surface area contributed by atoms with Crippen molar-refractivity contribution < 1.29 is 14.8 Å². The SMILES string of the molecule is CC(C(=O)NCCC(N)=O)C(N)=NO. The second-order valence-electron chi connectivity index (χ2n) is 2.75. The monoisotopic (exact) mass is 202 g/mol. The average Bonchev–Trinajstić information content (AvgIpc) is 2.14. The fourth-order valence-electron chi connectivity index (χ4n) is 0.683. The van der Waals surface area contributed by atoms with Gasteiger partial charge in [-0.2, -0.15) is 0 Å². The molecule has 0 aliphatic heterocycles. The van der Waals surface area contributed by atoms with E-state index in [1.54, 1.807) is 0 Å². The quantitative estimate of drug-likeness (QED) is 0.184. The molecule has 0 aromatic rings. The van der Waals surface area contributed by atoms with Crippen LogP contribution in [0.15, 0.2) is 5.16 Å². The van der Waals surface area contributed by atoms with Gasteiger partial charge in [-0.25, -0.2) is 0 Å². The number of carbonyl (C=O) groups is 2. The normalized spacial score (nSPS) is 13.4. The summed E-state index contributed by atoms with van der Waals surface area (Å²) in [6.45, 7) is 1.63. The summed E-state index contributed by atoms with van der Waals surface area (Å²) in [4.78, 5) is 21.5. The summed E-state index contributed by atoms with van der Waals surface area (Å²) in [5, 5.41) is 13.4. The van der Waals surface area contributed by atoms with Crippen molar-refractivity contribution >= 4 is 17.6 Å². The molecular weight excluding hydrogens is 188 g/mol. The molecule has 0 saturated heterocycles. The maximum atomic E-state index is 11.2. The standard InChI is InChI=1S/C7H14N4O3/c1-4(6(9)11-14)7(13)10-3-2-5(8)12/h4,14H,2-3H2,1H3,(H2,8,12)(H2,9,11)(H,10,13). The Morgan fingerprint density at radius 3 is 2.50 bits per heavy atom. The predicted molar refractivity (Wildman–Crippen MR) is 49.4 cm³/mol. The lowest BCUT2D eigenvalue weighted by atomic mass is 10.1. The third kappa shape index (κ3) is 4.29. The van der Waals surface area contributed by atoms with Crippen LogP contribution < -0.4 is 16.8 Å². The largest absolute Gasteiger partial charge is 0.409 e. The second kappa shape index (κ2) is 5.79. The molecule has 0 radical (unpaired) electrons. The minimum Gasteiger partial charge on any atom is -0.409 e. The van der Waals surface area contributed by atoms with Gasteiger partial charge in [-0.3, -0.25) is 9.59 Å². The van der Waals surface area contributed by atoms with Gasteiger partial charge in [0.1, 0.15) is 0 Å². The number of nitrogens with two attached hydrogens (primary N) is 2. The van der Waals surface area contributed by atoms with Crippen LogP contribution in [-0.4, -0.2) is 29.4 Å². The number of hydrogen-bond acceptors (Lipinski definition) is 4. The van der Waals surface area contributed by atoms with Gasteiger partial charge in [-0.15, -0.1) is 0 Å². The Morgan fingerprint density at radius 1 is 1.50 bits per heavy atom. The van der Waals surface area contributed by atoms with Crippen molar-refractivity contribution in [3.8, 4) is 0 Å². The Balaban J connectivity index is 3.91. The summed E-state index contributed by atoms with van der Waals surface area (Å²) in [6.07, 6.45) is 0.0641. The number of primary amides is 1. The van der Waals surface area contributed by atoms with Crippen molar-refractivity contribution in [3.63, 3.8) is 0 Å². The van der Waals surface area contributed by atoms with Gasteiger partial charge in [0.2, 0.25) is 11.8 Å². The van der Waals surface area contributed by atoms with E-state index in [-0.39, 0.29) is 18.8 Å². The van der Waals surface area contributed by atoms with E-state index in [0.29, 0.717) is 0 Å². The van der Waals surface area contributed by atoms with Crippen LogP contribution in [0, 0.1) is 5.92 Å². The Morgan fingerprint density at radius 2 is 2.07 bits per heavy atom. The number of nitrogens with one attached hydrogen (secondary N) is 1. The number of amides is 2. The fraction of sp³-hybridized carbons (Fsp3) is 0.571. The Hall–Kier alpha value is -1.79. The number of nitrogens with zero attached hydrogens (tertiary/aromatic N) is 1. The molecule has 1 unspecified atom stereocenters. The highest BCUT2D eigenvalue weighted by molar-refractivity contribution is 6.01. The van der Waals surface area contributed by atoms with Crippen LogP contribution in [0.1, 0.15) is 13.3 Å². The van der Waals surface area contributed by atoms with Gasteiger partial charge >= 0.3 is 0 Å². The van der Waals surface area contributed by atoms with E-state index in [4.69, 9.17) is 16.7 Å². The van der Waals surface area contributed by atoms with Crippen molar-refractivity contribution in [1.82, 2.24) is 5.32 Å². The Bertz CT molecular complexity index is 251. The molecule has 0 saturated carbocycles. The molecule has 0 rings (SSSR count). The van der Waals surface area contributed by atoms with Gasteiger partial charge in [0.05, 0.1) is 5.92 Å². The van der Waals surface area contributed by atoms with Gasteiger partial charge < -0.3 is 22.0 Å². The van der Waals surface area contributed by atoms with E-state index in [2.05, 4.69) is 10.5 Å². The lowest BCUT2D eigenvalue weighted by Gasteiger charge is -2.09. The Kier molecular flexibility index (Phi) is 5.05. The molecule has 0 aromatic carbocycles. The summed E-state index contributed by atoms with van der Waals surface area (Å²) in [5.74, 6) is -1.82. The van der Waals surface area contributed by atoms with Crippen LogP contribution in [0.3, 0.4) is 0 Å². The van der Waals surface area contributed by atoms with Crippen LogP contribution in [0.5, 0.6) is 0 Å². The first-order chi connectivity index (χ1) is 6.49. The summed E-state index contributed by atoms with van der Waals surface area (Å²) >= 11 is 0. The summed E-state index contributed by atoms with van der Waals surface area (Å²) in [6, 6.07) is 0. The molecule has 6 N–H and O–H groups in total. The zero-order valence-electron chi connectivity index (χ0n) is 7.86. The lowest BCUT2D eigenvalue weighted by molar-refractivity contribution is -0.122. The zero-order valence-corrected chi connectivity index (χ0v) is 7.86. The number of rotatable bonds is 5. The van der Waals surface area contributed by atoms with Crippen molar-refractivity contribution in [3.05, 3.63) is 0 Å². The van der Waals surface area contributed by atoms with Crippen molar-refractivity contribution in [2.45, 2.75) is 13.3 Å². The van der Waals surface area contributed by atoms with Gasteiger partial charge in [0.15, 0.2) is 5.84 Å². The highest BCUT2D eigenvalue weighted by Crippen LogP contribution is 1.94. The molecule has 0 aromatic heterocycles. The Labute approximate surface area is 81.1 Å². The van der Waals surface area contributed by atoms with Crippen LogP contribution >= 0.6 is 0 Å². The maximum absolute atomic E-state index is 11.2. The molecule has 0 heterocycles. The average molecular weight is 202 g/mol. The van der Waals surface area contributed by atoms with Gasteiger partial charge in [-0.05, 0) is 6.92 Å². The first-order valence-electron chi connectivity index (χ1n) is 4.02. The molecule has 0 spiro atoms. The molecule has 14 heavy (non-hydrogen) atoms. The van der Waals surface area contributed by atoms with E-state index in [1.165, 1.54) is 6.92 Å². The van der Waals surface area contributed by atoms with Crippen LogP contribution in [0.4, 0.5) is 0 Å². The summed E-state index contributed by atoms with van der Waals surface area (Å²) < 4.78 is 0. The summed E-state index contributed by atoms with van der Waals surface area (Å²) in [7, 11) is 0. The zero-order chi connectivity index (χ0) is 11.1. The smallest absolute Gasteiger partial charge is 0.230 e. The number of amidine groups is 1. The van der Waals surface area contributed by atoms with Crippen molar-refractivity contribution in [2.24, 2.45) is 22.5 Å². The fourth-order valence-corrected chi connectivity index (χ4v) is 0.683. The molecule has 80 valence electrons. The second-order valence-corrected chi connectivity index (χ2v) is 2.75. The van der Waals surface area contributed by atoms with Crippen molar-refractivity contribution in [1.29, 1.82) is 0 Å². The molecule has 7 heteroatoms. The highest BCUT2D eigenvalue weighted by Gasteiger charge is 2.16. The first-order valence-corrected chi connectivity index (χ1v) is 4.02. The third-order valence-corrected chi connectivity index (χ3v) is 1.62. The van der Waals surface area contributed by atoms with Crippen LogP contribution in [0.2, 0.25) is 0 Å². The minimum absolute atomic E-state index is 0.0641. The molecule has 2 amide bonds. The number of oxime groups is 1. The molecule has 0 bridgehead atoms. The predicted octanol–water partition coefficient (Wildman–Crippen LogP) is -1.64. The van der Waals surface area contributed by atoms with E-state index in [9.17, 15) is 9.59 Å². The third-order valence-electron chi connectivity index (χ3n) is 1.62. The molecule has 0 fully saturated rings. The van der Waals surface area contributed by atoms with Crippen molar-refractivity contribution in [2.75, 3.05) is 6.54 Å².